The quantitative estimate of drug-likeness (QED) is 0.688. The van der Waals surface area contributed by atoms with Gasteiger partial charge >= 0.3 is 6.03 Å². The summed E-state index contributed by atoms with van der Waals surface area (Å²) in [5.74, 6) is -1.11. The molecule has 0 bridgehead atoms. The Bertz CT molecular complexity index is 918. The minimum Gasteiger partial charge on any atom is -0.324 e. The lowest BCUT2D eigenvalue weighted by Crippen LogP contribution is -2.40. The Hall–Kier alpha value is -2.54. The van der Waals surface area contributed by atoms with Gasteiger partial charge in [0.2, 0.25) is 0 Å². The second-order valence-corrected chi connectivity index (χ2v) is 7.40. The van der Waals surface area contributed by atoms with Crippen LogP contribution in [0.5, 0.6) is 0 Å². The van der Waals surface area contributed by atoms with Gasteiger partial charge in [-0.15, -0.1) is 11.3 Å². The average Bonchev–Trinajstić information content (AvgIpc) is 3.08. The number of nitrogens with one attached hydrogen (secondary N) is 1. The number of benzene rings is 2. The fraction of sp³-hybridized carbons (Fsp3) is 0.263. The molecule has 26 heavy (non-hydrogen) atoms. The highest BCUT2D eigenvalue weighted by Gasteiger charge is 2.26. The topological polar surface area (TPSA) is 45.2 Å². The van der Waals surface area contributed by atoms with E-state index >= 15 is 0 Å². The number of amides is 2. The predicted octanol–water partition coefficient (Wildman–Crippen LogP) is 4.99. The summed E-state index contributed by atoms with van der Waals surface area (Å²) in [7, 11) is 0. The lowest BCUT2D eigenvalue weighted by molar-refractivity contribution is 0.194. The van der Waals surface area contributed by atoms with Gasteiger partial charge in [0.05, 0.1) is 20.9 Å². The van der Waals surface area contributed by atoms with Crippen LogP contribution in [0.4, 0.5) is 19.3 Å². The normalized spacial score (nSPS) is 15.4. The number of thiazole rings is 1. The largest absolute Gasteiger partial charge is 0.324 e. The minimum atomic E-state index is -0.775. The summed E-state index contributed by atoms with van der Waals surface area (Å²) >= 11 is 1.70. The van der Waals surface area contributed by atoms with Crippen LogP contribution in [0.15, 0.2) is 42.5 Å². The first-order valence-corrected chi connectivity index (χ1v) is 9.28. The van der Waals surface area contributed by atoms with Gasteiger partial charge in [0, 0.05) is 25.1 Å². The van der Waals surface area contributed by atoms with Crippen molar-refractivity contribution in [2.45, 2.75) is 18.8 Å². The van der Waals surface area contributed by atoms with E-state index in [-0.39, 0.29) is 11.7 Å². The van der Waals surface area contributed by atoms with Crippen molar-refractivity contribution in [1.29, 1.82) is 0 Å². The van der Waals surface area contributed by atoms with Crippen LogP contribution in [0.3, 0.4) is 0 Å². The first-order valence-electron chi connectivity index (χ1n) is 8.46. The molecule has 2 aromatic carbocycles. The molecule has 0 atom stereocenters. The second kappa shape index (κ2) is 6.99. The molecule has 0 radical (unpaired) electrons. The number of nitrogens with zero attached hydrogens (tertiary/aromatic N) is 2. The highest BCUT2D eigenvalue weighted by atomic mass is 32.1. The Balaban J connectivity index is 1.39. The maximum Gasteiger partial charge on any atom is 0.321 e. The second-order valence-electron chi connectivity index (χ2n) is 6.34. The molecule has 1 aromatic heterocycles. The molecule has 0 saturated carbocycles. The fourth-order valence-electron chi connectivity index (χ4n) is 3.18. The number of carbonyl (C=O) groups excluding carboxylic acids is 1. The van der Waals surface area contributed by atoms with Crippen LogP contribution in [0.1, 0.15) is 23.8 Å². The smallest absolute Gasteiger partial charge is 0.321 e. The monoisotopic (exact) mass is 373 g/mol. The van der Waals surface area contributed by atoms with Crippen LogP contribution in [0.2, 0.25) is 0 Å². The Morgan fingerprint density at radius 1 is 1.15 bits per heavy atom. The van der Waals surface area contributed by atoms with Crippen molar-refractivity contribution in [2.75, 3.05) is 18.4 Å². The lowest BCUT2D eigenvalue weighted by atomic mass is 9.98. The van der Waals surface area contributed by atoms with Crippen LogP contribution in [-0.4, -0.2) is 29.0 Å². The summed E-state index contributed by atoms with van der Waals surface area (Å²) in [5.41, 5.74) is 1.00. The van der Waals surface area contributed by atoms with Crippen LogP contribution in [0, 0.1) is 11.6 Å². The van der Waals surface area contributed by atoms with E-state index in [1.54, 1.807) is 16.2 Å². The zero-order chi connectivity index (χ0) is 18.1. The number of rotatable bonds is 2. The van der Waals surface area contributed by atoms with Crippen LogP contribution in [0.25, 0.3) is 10.2 Å². The number of urea groups is 1. The van der Waals surface area contributed by atoms with Gasteiger partial charge < -0.3 is 10.2 Å². The fourth-order valence-corrected chi connectivity index (χ4v) is 4.32. The van der Waals surface area contributed by atoms with E-state index in [4.69, 9.17) is 4.98 Å². The molecular formula is C19H17F2N3OS. The van der Waals surface area contributed by atoms with Gasteiger partial charge in [-0.25, -0.2) is 18.6 Å². The molecule has 4 rings (SSSR count). The third-order valence-electron chi connectivity index (χ3n) is 4.61. The molecule has 1 aliphatic rings. The number of likely N-dealkylation sites (tertiary alicyclic amines) is 1. The standard InChI is InChI=1S/C19H17F2N3OS/c20-13-5-6-15(14(21)11-13)23-19(25)24-9-7-12(8-10-24)18-22-16-3-1-2-4-17(16)26-18/h1-6,11-12H,7-10H2,(H,23,25). The number of aromatic nitrogens is 1. The molecule has 7 heteroatoms. The summed E-state index contributed by atoms with van der Waals surface area (Å²) in [5, 5.41) is 3.62. The summed E-state index contributed by atoms with van der Waals surface area (Å²) in [6, 6.07) is 10.8. The van der Waals surface area contributed by atoms with Gasteiger partial charge in [0.15, 0.2) is 0 Å². The van der Waals surface area contributed by atoms with Crippen molar-refractivity contribution in [3.05, 3.63) is 59.1 Å². The third-order valence-corrected chi connectivity index (χ3v) is 5.81. The van der Waals surface area contributed by atoms with E-state index in [0.717, 1.165) is 35.5 Å². The minimum absolute atomic E-state index is 0.00954. The van der Waals surface area contributed by atoms with E-state index in [1.807, 2.05) is 18.2 Å². The van der Waals surface area contributed by atoms with Gasteiger partial charge in [-0.2, -0.15) is 0 Å². The number of halogens is 2. The first-order chi connectivity index (χ1) is 12.6. The molecule has 134 valence electrons. The number of carbonyl (C=O) groups is 1. The molecule has 0 aliphatic carbocycles. The number of piperidine rings is 1. The van der Waals surface area contributed by atoms with Crippen molar-refractivity contribution in [2.24, 2.45) is 0 Å². The Kier molecular flexibility index (Phi) is 4.55. The van der Waals surface area contributed by atoms with Crippen molar-refractivity contribution < 1.29 is 13.6 Å². The van der Waals surface area contributed by atoms with Crippen molar-refractivity contribution in [3.8, 4) is 0 Å². The number of para-hydroxylation sites is 1. The highest BCUT2D eigenvalue weighted by molar-refractivity contribution is 7.18. The number of anilines is 1. The highest BCUT2D eigenvalue weighted by Crippen LogP contribution is 2.34. The SMILES string of the molecule is O=C(Nc1ccc(F)cc1F)N1CCC(c2nc3ccccc3s2)CC1. The lowest BCUT2D eigenvalue weighted by Gasteiger charge is -2.31. The molecule has 4 nitrogen and oxygen atoms in total. The van der Waals surface area contributed by atoms with E-state index in [9.17, 15) is 13.6 Å². The van der Waals surface area contributed by atoms with Crippen molar-refractivity contribution in [1.82, 2.24) is 9.88 Å². The molecular weight excluding hydrogens is 356 g/mol. The molecule has 1 fully saturated rings. The van der Waals surface area contributed by atoms with Crippen molar-refractivity contribution in [3.63, 3.8) is 0 Å². The summed E-state index contributed by atoms with van der Waals surface area (Å²) in [6.07, 6.45) is 1.64. The predicted molar refractivity (Wildman–Crippen MR) is 98.5 cm³/mol. The van der Waals surface area contributed by atoms with Crippen LogP contribution < -0.4 is 5.32 Å². The van der Waals surface area contributed by atoms with Gasteiger partial charge in [-0.3, -0.25) is 0 Å². The van der Waals surface area contributed by atoms with Gasteiger partial charge in [0.1, 0.15) is 11.6 Å². The zero-order valence-corrected chi connectivity index (χ0v) is 14.7. The summed E-state index contributed by atoms with van der Waals surface area (Å²) in [6.45, 7) is 1.16. The molecule has 0 spiro atoms. The Labute approximate surface area is 153 Å². The number of hydrogen-bond donors (Lipinski definition) is 1. The van der Waals surface area contributed by atoms with E-state index < -0.39 is 11.6 Å². The van der Waals surface area contributed by atoms with Gasteiger partial charge in [-0.05, 0) is 37.1 Å². The van der Waals surface area contributed by atoms with E-state index in [0.29, 0.717) is 19.0 Å². The zero-order valence-electron chi connectivity index (χ0n) is 13.9. The third kappa shape index (κ3) is 3.39. The molecule has 1 saturated heterocycles. The first kappa shape index (κ1) is 16.9. The van der Waals surface area contributed by atoms with E-state index in [2.05, 4.69) is 11.4 Å². The molecule has 1 N–H and O–H groups in total. The van der Waals surface area contributed by atoms with Crippen LogP contribution in [-0.2, 0) is 0 Å². The van der Waals surface area contributed by atoms with E-state index in [1.165, 1.54) is 10.8 Å². The molecule has 3 aromatic rings. The molecule has 1 aliphatic heterocycles. The number of fused-ring (bicyclic) bond motifs is 1. The summed E-state index contributed by atoms with van der Waals surface area (Å²) in [4.78, 5) is 18.7. The van der Waals surface area contributed by atoms with Crippen molar-refractivity contribution >= 4 is 33.3 Å². The summed E-state index contributed by atoms with van der Waals surface area (Å²) < 4.78 is 27.8. The molecule has 2 heterocycles. The van der Waals surface area contributed by atoms with Crippen LogP contribution >= 0.6 is 11.3 Å². The molecule has 2 amide bonds. The average molecular weight is 373 g/mol. The van der Waals surface area contributed by atoms with Gasteiger partial charge in [0.25, 0.3) is 0 Å². The maximum absolute atomic E-state index is 13.7. The Morgan fingerprint density at radius 2 is 1.92 bits per heavy atom. The molecule has 0 unspecified atom stereocenters. The van der Waals surface area contributed by atoms with Gasteiger partial charge in [-0.1, -0.05) is 12.1 Å². The Morgan fingerprint density at radius 3 is 2.65 bits per heavy atom. The number of hydrogen-bond acceptors (Lipinski definition) is 3. The maximum atomic E-state index is 13.7.